The van der Waals surface area contributed by atoms with Crippen LogP contribution in [0.15, 0.2) is 73.8 Å². The number of aromatic nitrogens is 2. The van der Waals surface area contributed by atoms with Gasteiger partial charge in [0.1, 0.15) is 0 Å². The lowest BCUT2D eigenvalue weighted by atomic mass is 10.1. The molecule has 0 unspecified atom stereocenters. The van der Waals surface area contributed by atoms with Gasteiger partial charge in [0.15, 0.2) is 9.84 Å². The summed E-state index contributed by atoms with van der Waals surface area (Å²) in [5.41, 5.74) is 3.08. The van der Waals surface area contributed by atoms with E-state index in [1.807, 2.05) is 18.2 Å². The normalized spacial score (nSPS) is 15.3. The summed E-state index contributed by atoms with van der Waals surface area (Å²) in [7, 11) is -3.48. The lowest BCUT2D eigenvalue weighted by Crippen LogP contribution is -2.45. The van der Waals surface area contributed by atoms with Crippen LogP contribution in [0.3, 0.4) is 0 Å². The number of halogens is 2. The zero-order valence-electron chi connectivity index (χ0n) is 20.9. The van der Waals surface area contributed by atoms with Crippen LogP contribution in [-0.2, 0) is 29.5 Å². The van der Waals surface area contributed by atoms with Crippen LogP contribution in [0.1, 0.15) is 23.6 Å². The molecular formula is C27H28BrClN4O4S. The number of nitrogens with zero attached hydrogens (tertiary/aromatic N) is 4. The molecule has 2 aromatic carbocycles. The molecule has 0 amide bonds. The second-order valence-electron chi connectivity index (χ2n) is 9.48. The maximum absolute atomic E-state index is 13.4. The van der Waals surface area contributed by atoms with Crippen LogP contribution < -0.4 is 5.56 Å². The van der Waals surface area contributed by atoms with Gasteiger partial charge >= 0.3 is 0 Å². The fourth-order valence-electron chi connectivity index (χ4n) is 4.76. The van der Waals surface area contributed by atoms with Gasteiger partial charge < -0.3 is 4.42 Å². The van der Waals surface area contributed by atoms with E-state index >= 15 is 0 Å². The summed E-state index contributed by atoms with van der Waals surface area (Å²) in [5.74, 6) is -0.0400. The number of hydrogen-bond acceptors (Lipinski definition) is 7. The standard InChI is InChI=1S/C27H28BrClN4O4S/c1-2-38(35,36)26-4-3-22(29)11-21(26)16-33-18-30-25-12-20(24(28)13-23(25)27(33)34)15-32-8-6-31(7-9-32)14-19-5-10-37-17-19/h3-5,10-13,17-18H,2,6-9,14-16H2,1H3. The Balaban J connectivity index is 1.34. The van der Waals surface area contributed by atoms with Gasteiger partial charge in [-0.1, -0.05) is 34.5 Å². The van der Waals surface area contributed by atoms with E-state index in [2.05, 4.69) is 30.7 Å². The van der Waals surface area contributed by atoms with Crippen molar-refractivity contribution in [3.8, 4) is 0 Å². The highest BCUT2D eigenvalue weighted by atomic mass is 79.9. The molecule has 0 atom stereocenters. The molecule has 0 N–H and O–H groups in total. The lowest BCUT2D eigenvalue weighted by Gasteiger charge is -2.34. The minimum absolute atomic E-state index is 0.0400. The van der Waals surface area contributed by atoms with Crippen molar-refractivity contribution >= 4 is 48.3 Å². The molecule has 0 bridgehead atoms. The quantitative estimate of drug-likeness (QED) is 0.286. The molecule has 0 aliphatic carbocycles. The first-order valence-corrected chi connectivity index (χ1v) is 15.2. The molecule has 1 aliphatic rings. The Kier molecular flexibility index (Phi) is 8.06. The minimum atomic E-state index is -3.48. The molecule has 1 saturated heterocycles. The first-order valence-electron chi connectivity index (χ1n) is 12.4. The number of benzene rings is 2. The van der Waals surface area contributed by atoms with E-state index in [-0.39, 0.29) is 22.8 Å². The van der Waals surface area contributed by atoms with Gasteiger partial charge in [-0.3, -0.25) is 19.2 Å². The molecule has 2 aromatic heterocycles. The molecule has 200 valence electrons. The van der Waals surface area contributed by atoms with Gasteiger partial charge in [-0.2, -0.15) is 0 Å². The smallest absolute Gasteiger partial charge is 0.261 e. The molecule has 11 heteroatoms. The number of sulfone groups is 1. The van der Waals surface area contributed by atoms with Crippen LogP contribution in [0.25, 0.3) is 10.9 Å². The second-order valence-corrected chi connectivity index (χ2v) is 13.0. The predicted molar refractivity (Wildman–Crippen MR) is 151 cm³/mol. The molecule has 8 nitrogen and oxygen atoms in total. The number of rotatable bonds is 8. The average molecular weight is 620 g/mol. The van der Waals surface area contributed by atoms with Gasteiger partial charge in [-0.15, -0.1) is 0 Å². The lowest BCUT2D eigenvalue weighted by molar-refractivity contribution is 0.121. The zero-order chi connectivity index (χ0) is 26.9. The summed E-state index contributed by atoms with van der Waals surface area (Å²) < 4.78 is 32.6. The van der Waals surface area contributed by atoms with Crippen LogP contribution in [0, 0.1) is 0 Å². The van der Waals surface area contributed by atoms with Crippen LogP contribution in [0.5, 0.6) is 0 Å². The van der Waals surface area contributed by atoms with Crippen molar-refractivity contribution in [2.75, 3.05) is 31.9 Å². The Hall–Kier alpha value is -2.50. The van der Waals surface area contributed by atoms with Crippen molar-refractivity contribution in [2.24, 2.45) is 0 Å². The van der Waals surface area contributed by atoms with Gasteiger partial charge in [0, 0.05) is 54.3 Å². The molecule has 38 heavy (non-hydrogen) atoms. The zero-order valence-corrected chi connectivity index (χ0v) is 24.1. The van der Waals surface area contributed by atoms with E-state index in [9.17, 15) is 13.2 Å². The third-order valence-electron chi connectivity index (χ3n) is 6.92. The monoisotopic (exact) mass is 618 g/mol. The highest BCUT2D eigenvalue weighted by Crippen LogP contribution is 2.25. The molecule has 4 aromatic rings. The van der Waals surface area contributed by atoms with E-state index < -0.39 is 9.84 Å². The molecule has 0 spiro atoms. The van der Waals surface area contributed by atoms with E-state index in [0.29, 0.717) is 21.5 Å². The second kappa shape index (κ2) is 11.3. The maximum atomic E-state index is 13.4. The first kappa shape index (κ1) is 27.1. The van der Waals surface area contributed by atoms with Crippen LogP contribution in [0.4, 0.5) is 0 Å². The van der Waals surface area contributed by atoms with Crippen LogP contribution in [-0.4, -0.2) is 59.7 Å². The van der Waals surface area contributed by atoms with Crippen molar-refractivity contribution < 1.29 is 12.8 Å². The van der Waals surface area contributed by atoms with Gasteiger partial charge in [-0.05, 0) is 47.5 Å². The highest BCUT2D eigenvalue weighted by molar-refractivity contribution is 9.10. The van der Waals surface area contributed by atoms with E-state index in [1.54, 1.807) is 31.6 Å². The summed E-state index contributed by atoms with van der Waals surface area (Å²) >= 11 is 9.81. The van der Waals surface area contributed by atoms with Crippen molar-refractivity contribution in [1.82, 2.24) is 19.4 Å². The summed E-state index contributed by atoms with van der Waals surface area (Å²) in [6, 6.07) is 10.4. The topological polar surface area (TPSA) is 88.7 Å². The Labute approximate surface area is 234 Å². The minimum Gasteiger partial charge on any atom is -0.472 e. The fraction of sp³-hybridized carbons (Fsp3) is 0.333. The van der Waals surface area contributed by atoms with Crippen molar-refractivity contribution in [2.45, 2.75) is 31.5 Å². The molecule has 5 rings (SSSR count). The molecule has 0 radical (unpaired) electrons. The summed E-state index contributed by atoms with van der Waals surface area (Å²) in [4.78, 5) is 22.9. The molecule has 0 saturated carbocycles. The number of furan rings is 1. The number of piperazine rings is 1. The van der Waals surface area contributed by atoms with E-state index in [4.69, 9.17) is 16.0 Å². The Morgan fingerprint density at radius 3 is 2.42 bits per heavy atom. The summed E-state index contributed by atoms with van der Waals surface area (Å²) in [5, 5.41) is 0.876. The SMILES string of the molecule is CCS(=O)(=O)c1ccc(Cl)cc1Cn1cnc2cc(CN3CCN(Cc4ccoc4)CC3)c(Br)cc2c1=O. The first-order chi connectivity index (χ1) is 18.2. The predicted octanol–water partition coefficient (Wildman–Crippen LogP) is 4.57. The molecule has 1 fully saturated rings. The Morgan fingerprint density at radius 1 is 1.00 bits per heavy atom. The van der Waals surface area contributed by atoms with Crippen molar-refractivity contribution in [3.05, 3.63) is 91.8 Å². The third kappa shape index (κ3) is 5.89. The van der Waals surface area contributed by atoms with Gasteiger partial charge in [0.05, 0.1) is 46.9 Å². The summed E-state index contributed by atoms with van der Waals surface area (Å²) in [6.45, 7) is 7.12. The Morgan fingerprint density at radius 2 is 1.74 bits per heavy atom. The largest absolute Gasteiger partial charge is 0.472 e. The molecular weight excluding hydrogens is 592 g/mol. The van der Waals surface area contributed by atoms with Gasteiger partial charge in [0.25, 0.3) is 5.56 Å². The average Bonchev–Trinajstić information content (AvgIpc) is 3.41. The Bertz CT molecular complexity index is 1610. The van der Waals surface area contributed by atoms with Crippen LogP contribution in [0.2, 0.25) is 5.02 Å². The number of hydrogen-bond donors (Lipinski definition) is 0. The van der Waals surface area contributed by atoms with E-state index in [0.717, 1.165) is 49.3 Å². The molecule has 3 heterocycles. The van der Waals surface area contributed by atoms with Crippen molar-refractivity contribution in [3.63, 3.8) is 0 Å². The van der Waals surface area contributed by atoms with E-state index in [1.165, 1.54) is 22.5 Å². The van der Waals surface area contributed by atoms with Gasteiger partial charge in [0.2, 0.25) is 0 Å². The number of fused-ring (bicyclic) bond motifs is 1. The maximum Gasteiger partial charge on any atom is 0.261 e. The highest BCUT2D eigenvalue weighted by Gasteiger charge is 2.20. The third-order valence-corrected chi connectivity index (χ3v) is 9.72. The van der Waals surface area contributed by atoms with Gasteiger partial charge in [-0.25, -0.2) is 13.4 Å². The summed E-state index contributed by atoms with van der Waals surface area (Å²) in [6.07, 6.45) is 4.97. The molecule has 1 aliphatic heterocycles. The van der Waals surface area contributed by atoms with Crippen LogP contribution >= 0.6 is 27.5 Å². The van der Waals surface area contributed by atoms with Crippen molar-refractivity contribution in [1.29, 1.82) is 0 Å². The fourth-order valence-corrected chi connectivity index (χ4v) is 6.53.